The fraction of sp³-hybridized carbons (Fsp3) is 0.556. The highest BCUT2D eigenvalue weighted by Crippen LogP contribution is 2.38. The molecule has 2 nitrogen and oxygen atoms in total. The molecule has 0 aliphatic heterocycles. The zero-order chi connectivity index (χ0) is 9.68. The summed E-state index contributed by atoms with van der Waals surface area (Å²) >= 11 is 1.74. The van der Waals surface area contributed by atoms with E-state index in [1.165, 1.54) is 10.2 Å². The summed E-state index contributed by atoms with van der Waals surface area (Å²) < 4.78 is 11.1. The van der Waals surface area contributed by atoms with Crippen molar-refractivity contribution < 1.29 is 9.05 Å². The zero-order valence-electron chi connectivity index (χ0n) is 8.24. The minimum absolute atomic E-state index is 0.709. The molecule has 0 bridgehead atoms. The van der Waals surface area contributed by atoms with Crippen molar-refractivity contribution in [2.75, 3.05) is 13.2 Å². The molecule has 0 fully saturated rings. The van der Waals surface area contributed by atoms with Gasteiger partial charge in [0.15, 0.2) is 0 Å². The Morgan fingerprint density at radius 2 is 1.92 bits per heavy atom. The third-order valence-electron chi connectivity index (χ3n) is 1.42. The number of hydrogen-bond donors (Lipinski definition) is 0. The van der Waals surface area contributed by atoms with E-state index in [0.717, 1.165) is 0 Å². The standard InChI is InChI=1S/C9H15O2PS/c1-4-10-12(11-5-2)9-6-8(3)13-7-9/h6-7H,4-5H2,1-3H3. The van der Waals surface area contributed by atoms with Gasteiger partial charge in [0, 0.05) is 15.6 Å². The van der Waals surface area contributed by atoms with Crippen LogP contribution < -0.4 is 5.30 Å². The Kier molecular flexibility index (Phi) is 4.89. The van der Waals surface area contributed by atoms with Crippen LogP contribution in [0.2, 0.25) is 0 Å². The fourth-order valence-electron chi connectivity index (χ4n) is 0.946. The molecule has 0 amide bonds. The summed E-state index contributed by atoms with van der Waals surface area (Å²) in [6.45, 7) is 7.50. The lowest BCUT2D eigenvalue weighted by Gasteiger charge is -2.13. The van der Waals surface area contributed by atoms with Gasteiger partial charge in [-0.1, -0.05) is 0 Å². The number of aryl methyl sites for hydroxylation is 1. The summed E-state index contributed by atoms with van der Waals surface area (Å²) in [6.07, 6.45) is 0. The van der Waals surface area contributed by atoms with Gasteiger partial charge in [0.05, 0.1) is 13.2 Å². The summed E-state index contributed by atoms with van der Waals surface area (Å²) in [5.74, 6) is 0. The third kappa shape index (κ3) is 3.35. The Morgan fingerprint density at radius 1 is 1.31 bits per heavy atom. The average Bonchev–Trinajstić information content (AvgIpc) is 2.51. The van der Waals surface area contributed by atoms with Crippen LogP contribution in [0.5, 0.6) is 0 Å². The normalized spacial score (nSPS) is 11.1. The molecule has 0 saturated heterocycles. The maximum atomic E-state index is 5.53. The number of thiophene rings is 1. The Bertz CT molecular complexity index is 244. The maximum absolute atomic E-state index is 5.53. The zero-order valence-corrected chi connectivity index (χ0v) is 9.95. The minimum atomic E-state index is -0.825. The minimum Gasteiger partial charge on any atom is -0.331 e. The molecule has 1 aromatic heterocycles. The lowest BCUT2D eigenvalue weighted by molar-refractivity contribution is 0.277. The Hall–Kier alpha value is 0.0500. The van der Waals surface area contributed by atoms with Crippen LogP contribution in [0.1, 0.15) is 18.7 Å². The van der Waals surface area contributed by atoms with E-state index in [1.807, 2.05) is 13.8 Å². The first-order valence-corrected chi connectivity index (χ1v) is 6.44. The molecule has 0 aliphatic carbocycles. The van der Waals surface area contributed by atoms with Crippen molar-refractivity contribution in [2.24, 2.45) is 0 Å². The molecule has 1 aromatic rings. The SMILES string of the molecule is CCOP(OCC)c1csc(C)c1. The van der Waals surface area contributed by atoms with Crippen LogP contribution in [0.15, 0.2) is 11.4 Å². The summed E-state index contributed by atoms with van der Waals surface area (Å²) in [4.78, 5) is 1.31. The molecule has 1 rings (SSSR count). The van der Waals surface area contributed by atoms with E-state index in [9.17, 15) is 0 Å². The van der Waals surface area contributed by atoms with Gasteiger partial charge in [-0.15, -0.1) is 11.3 Å². The van der Waals surface area contributed by atoms with Gasteiger partial charge in [0.1, 0.15) is 0 Å². The fourth-order valence-corrected chi connectivity index (χ4v) is 3.25. The van der Waals surface area contributed by atoms with Gasteiger partial charge in [-0.2, -0.15) is 0 Å². The molecule has 74 valence electrons. The molecule has 0 saturated carbocycles. The molecule has 0 atom stereocenters. The van der Waals surface area contributed by atoms with Gasteiger partial charge in [-0.25, -0.2) is 0 Å². The second-order valence-corrected chi connectivity index (χ2v) is 5.17. The second-order valence-electron chi connectivity index (χ2n) is 2.51. The second kappa shape index (κ2) is 5.71. The van der Waals surface area contributed by atoms with Crippen molar-refractivity contribution in [1.29, 1.82) is 0 Å². The van der Waals surface area contributed by atoms with Gasteiger partial charge in [-0.05, 0) is 26.8 Å². The summed E-state index contributed by atoms with van der Waals surface area (Å²) in [7, 11) is -0.825. The van der Waals surface area contributed by atoms with Crippen molar-refractivity contribution in [3.8, 4) is 0 Å². The van der Waals surface area contributed by atoms with Gasteiger partial charge < -0.3 is 9.05 Å². The largest absolute Gasteiger partial charge is 0.331 e. The molecular formula is C9H15O2PS. The molecule has 0 spiro atoms. The predicted molar refractivity (Wildman–Crippen MR) is 58.9 cm³/mol. The monoisotopic (exact) mass is 218 g/mol. The first-order valence-electron chi connectivity index (χ1n) is 4.39. The van der Waals surface area contributed by atoms with Crippen molar-refractivity contribution in [1.82, 2.24) is 0 Å². The molecule has 0 aromatic carbocycles. The lowest BCUT2D eigenvalue weighted by Crippen LogP contribution is -2.03. The van der Waals surface area contributed by atoms with Gasteiger partial charge >= 0.3 is 0 Å². The molecule has 0 N–H and O–H groups in total. The molecule has 0 unspecified atom stereocenters. The predicted octanol–water partition coefficient (Wildman–Crippen LogP) is 3.07. The average molecular weight is 218 g/mol. The Labute approximate surface area is 84.8 Å². The van der Waals surface area contributed by atoms with E-state index in [4.69, 9.17) is 9.05 Å². The van der Waals surface area contributed by atoms with Crippen LogP contribution in [0, 0.1) is 6.92 Å². The highest BCUT2D eigenvalue weighted by molar-refractivity contribution is 7.56. The van der Waals surface area contributed by atoms with Crippen LogP contribution in [-0.2, 0) is 9.05 Å². The van der Waals surface area contributed by atoms with Crippen molar-refractivity contribution in [3.05, 3.63) is 16.3 Å². The van der Waals surface area contributed by atoms with E-state index < -0.39 is 8.38 Å². The van der Waals surface area contributed by atoms with Crippen molar-refractivity contribution in [2.45, 2.75) is 20.8 Å². The van der Waals surface area contributed by atoms with Crippen molar-refractivity contribution in [3.63, 3.8) is 0 Å². The number of rotatable bonds is 5. The molecular weight excluding hydrogens is 203 g/mol. The topological polar surface area (TPSA) is 18.5 Å². The van der Waals surface area contributed by atoms with Gasteiger partial charge in [0.2, 0.25) is 8.38 Å². The quantitative estimate of drug-likeness (QED) is 0.707. The third-order valence-corrected chi connectivity index (χ3v) is 4.12. The van der Waals surface area contributed by atoms with E-state index in [2.05, 4.69) is 18.4 Å². The molecule has 4 heteroatoms. The van der Waals surface area contributed by atoms with E-state index in [0.29, 0.717) is 13.2 Å². The van der Waals surface area contributed by atoms with Crippen LogP contribution in [0.25, 0.3) is 0 Å². The van der Waals surface area contributed by atoms with Gasteiger partial charge in [-0.3, -0.25) is 0 Å². The smallest absolute Gasteiger partial charge is 0.205 e. The maximum Gasteiger partial charge on any atom is 0.205 e. The molecule has 1 heterocycles. The van der Waals surface area contributed by atoms with Crippen molar-refractivity contribution >= 4 is 25.0 Å². The first-order chi connectivity index (χ1) is 6.27. The summed E-state index contributed by atoms with van der Waals surface area (Å²) in [5, 5.41) is 3.31. The number of hydrogen-bond acceptors (Lipinski definition) is 3. The van der Waals surface area contributed by atoms with Gasteiger partial charge in [0.25, 0.3) is 0 Å². The van der Waals surface area contributed by atoms with Crippen LogP contribution >= 0.6 is 19.7 Å². The van der Waals surface area contributed by atoms with E-state index in [1.54, 1.807) is 11.3 Å². The molecule has 0 aliphatic rings. The highest BCUT2D eigenvalue weighted by Gasteiger charge is 2.13. The highest BCUT2D eigenvalue weighted by atomic mass is 32.1. The van der Waals surface area contributed by atoms with Crippen LogP contribution in [0.3, 0.4) is 0 Å². The van der Waals surface area contributed by atoms with E-state index in [-0.39, 0.29) is 0 Å². The summed E-state index contributed by atoms with van der Waals surface area (Å²) in [6, 6.07) is 2.14. The molecule has 0 radical (unpaired) electrons. The molecule has 13 heavy (non-hydrogen) atoms. The van der Waals surface area contributed by atoms with E-state index >= 15 is 0 Å². The Balaban J connectivity index is 2.63. The first kappa shape index (κ1) is 11.1. The van der Waals surface area contributed by atoms with Crippen LogP contribution in [-0.4, -0.2) is 13.2 Å². The Morgan fingerprint density at radius 3 is 2.31 bits per heavy atom. The summed E-state index contributed by atoms with van der Waals surface area (Å²) in [5.41, 5.74) is 0. The van der Waals surface area contributed by atoms with Crippen LogP contribution in [0.4, 0.5) is 0 Å². The lowest BCUT2D eigenvalue weighted by atomic mass is 10.5.